The van der Waals surface area contributed by atoms with Gasteiger partial charge in [0.2, 0.25) is 0 Å². The van der Waals surface area contributed by atoms with E-state index in [2.05, 4.69) is 88.3 Å². The lowest BCUT2D eigenvalue weighted by Gasteiger charge is -2.50. The first-order valence-corrected chi connectivity index (χ1v) is 8.73. The number of hydrogen-bond donors (Lipinski definition) is 0. The summed E-state index contributed by atoms with van der Waals surface area (Å²) in [6, 6.07) is 0. The Balaban J connectivity index is 3.47. The zero-order chi connectivity index (χ0) is 17.6. The lowest BCUT2D eigenvalue weighted by atomic mass is 9.64. The summed E-state index contributed by atoms with van der Waals surface area (Å²) in [6.45, 7) is 24.9. The minimum absolute atomic E-state index is 0.0975. The van der Waals surface area contributed by atoms with E-state index >= 15 is 0 Å². The summed E-state index contributed by atoms with van der Waals surface area (Å²) in [4.78, 5) is 0. The average molecular weight is 307 g/mol. The second-order valence-corrected chi connectivity index (χ2v) is 10.2. The van der Waals surface area contributed by atoms with Gasteiger partial charge in [-0.2, -0.15) is 0 Å². The van der Waals surface area contributed by atoms with Crippen molar-refractivity contribution in [3.8, 4) is 0 Å². The van der Waals surface area contributed by atoms with Gasteiger partial charge in [-0.1, -0.05) is 67.5 Å². The van der Waals surface area contributed by atoms with Gasteiger partial charge in [0.15, 0.2) is 0 Å². The van der Waals surface area contributed by atoms with Crippen LogP contribution in [0.3, 0.4) is 0 Å². The van der Waals surface area contributed by atoms with Gasteiger partial charge in [0, 0.05) is 0 Å². The first kappa shape index (κ1) is 19.5. The Morgan fingerprint density at radius 3 is 1.73 bits per heavy atom. The van der Waals surface area contributed by atoms with Crippen LogP contribution in [0.5, 0.6) is 0 Å². The van der Waals surface area contributed by atoms with E-state index in [4.69, 9.17) is 4.74 Å². The first-order chi connectivity index (χ1) is 9.59. The second-order valence-electron chi connectivity index (χ2n) is 10.2. The van der Waals surface area contributed by atoms with Crippen molar-refractivity contribution in [2.24, 2.45) is 16.7 Å². The fraction of sp³-hybridized carbons (Fsp3) is 0.810. The van der Waals surface area contributed by atoms with Crippen molar-refractivity contribution in [3.05, 3.63) is 23.3 Å². The molecule has 0 amide bonds. The average Bonchev–Trinajstić information content (AvgIpc) is 2.23. The van der Waals surface area contributed by atoms with Crippen LogP contribution in [0.2, 0.25) is 0 Å². The van der Waals surface area contributed by atoms with Gasteiger partial charge in [-0.15, -0.1) is 0 Å². The molecule has 0 spiro atoms. The molecular formula is C21H38O. The lowest BCUT2D eigenvalue weighted by Crippen LogP contribution is -2.50. The monoisotopic (exact) mass is 306 g/mol. The summed E-state index contributed by atoms with van der Waals surface area (Å²) in [7, 11) is 0. The van der Waals surface area contributed by atoms with E-state index in [9.17, 15) is 0 Å². The van der Waals surface area contributed by atoms with Gasteiger partial charge in [0.25, 0.3) is 0 Å². The molecular weight excluding hydrogens is 268 g/mol. The molecule has 1 atom stereocenters. The zero-order valence-electron chi connectivity index (χ0n) is 16.8. The largest absolute Gasteiger partial charge is 0.364 e. The predicted octanol–water partition coefficient (Wildman–Crippen LogP) is 6.55. The summed E-state index contributed by atoms with van der Waals surface area (Å²) in [5, 5.41) is 0. The maximum Gasteiger partial charge on any atom is 0.0964 e. The third kappa shape index (κ3) is 4.25. The van der Waals surface area contributed by atoms with E-state index in [1.807, 2.05) is 0 Å². The quantitative estimate of drug-likeness (QED) is 0.562. The molecule has 0 fully saturated rings. The van der Waals surface area contributed by atoms with E-state index in [0.717, 1.165) is 6.42 Å². The lowest BCUT2D eigenvalue weighted by molar-refractivity contribution is -0.140. The first-order valence-electron chi connectivity index (χ1n) is 8.73. The normalized spacial score (nSPS) is 24.4. The Bertz CT molecular complexity index is 458. The molecule has 1 unspecified atom stereocenters. The van der Waals surface area contributed by atoms with Crippen LogP contribution in [0.15, 0.2) is 23.3 Å². The Hall–Kier alpha value is -0.560. The molecule has 1 nitrogen and oxygen atoms in total. The van der Waals surface area contributed by atoms with Crippen LogP contribution in [-0.2, 0) is 4.74 Å². The molecule has 0 aliphatic heterocycles. The molecule has 0 bridgehead atoms. The number of ether oxygens (including phenoxy) is 1. The highest BCUT2D eigenvalue weighted by Gasteiger charge is 2.47. The number of hydrogen-bond acceptors (Lipinski definition) is 1. The van der Waals surface area contributed by atoms with Crippen molar-refractivity contribution in [1.82, 2.24) is 0 Å². The van der Waals surface area contributed by atoms with Gasteiger partial charge >= 0.3 is 0 Å². The van der Waals surface area contributed by atoms with Crippen molar-refractivity contribution < 1.29 is 4.74 Å². The summed E-state index contributed by atoms with van der Waals surface area (Å²) in [5.74, 6) is 0.440. The molecule has 0 N–H and O–H groups in total. The third-order valence-corrected chi connectivity index (χ3v) is 4.48. The van der Waals surface area contributed by atoms with Crippen molar-refractivity contribution in [1.29, 1.82) is 0 Å². The highest BCUT2D eigenvalue weighted by Crippen LogP contribution is 2.49. The van der Waals surface area contributed by atoms with E-state index in [1.54, 1.807) is 0 Å². The van der Waals surface area contributed by atoms with Crippen LogP contribution < -0.4 is 0 Å². The van der Waals surface area contributed by atoms with Crippen LogP contribution in [0.25, 0.3) is 0 Å². The van der Waals surface area contributed by atoms with Crippen molar-refractivity contribution in [3.63, 3.8) is 0 Å². The standard InChI is InChI=1S/C21H38O/c1-15(2)21(22-20(9,10)11)13-12-16(18(3,4)5)14-17(21)19(6,7)8/h12,14-15H,13H2,1-11H3. The van der Waals surface area contributed by atoms with E-state index in [-0.39, 0.29) is 22.0 Å². The van der Waals surface area contributed by atoms with Gasteiger partial charge in [-0.25, -0.2) is 0 Å². The second kappa shape index (κ2) is 5.82. The number of rotatable bonds is 2. The maximum absolute atomic E-state index is 6.71. The van der Waals surface area contributed by atoms with Gasteiger partial charge in [0.1, 0.15) is 0 Å². The SMILES string of the molecule is CC(C)C1(OC(C)(C)C)CC=C(C(C)(C)C)C=C1C(C)(C)C. The van der Waals surface area contributed by atoms with Crippen LogP contribution in [0.1, 0.15) is 82.6 Å². The molecule has 1 aliphatic rings. The van der Waals surface area contributed by atoms with Crippen LogP contribution in [0, 0.1) is 16.7 Å². The summed E-state index contributed by atoms with van der Waals surface area (Å²) >= 11 is 0. The topological polar surface area (TPSA) is 9.23 Å². The molecule has 0 aromatic heterocycles. The van der Waals surface area contributed by atoms with Crippen molar-refractivity contribution in [2.45, 2.75) is 93.8 Å². The molecule has 22 heavy (non-hydrogen) atoms. The third-order valence-electron chi connectivity index (χ3n) is 4.48. The van der Waals surface area contributed by atoms with Gasteiger partial charge in [-0.3, -0.25) is 0 Å². The molecule has 1 heteroatoms. The van der Waals surface area contributed by atoms with Crippen molar-refractivity contribution >= 4 is 0 Å². The molecule has 0 heterocycles. The minimum atomic E-state index is -0.203. The summed E-state index contributed by atoms with van der Waals surface area (Å²) < 4.78 is 6.71. The van der Waals surface area contributed by atoms with Crippen LogP contribution in [0.4, 0.5) is 0 Å². The van der Waals surface area contributed by atoms with E-state index in [0.29, 0.717) is 5.92 Å². The van der Waals surface area contributed by atoms with E-state index < -0.39 is 0 Å². The Labute approximate surface area is 139 Å². The predicted molar refractivity (Wildman–Crippen MR) is 98.1 cm³/mol. The maximum atomic E-state index is 6.71. The summed E-state index contributed by atoms with van der Waals surface area (Å²) in [5.41, 5.74) is 2.80. The van der Waals surface area contributed by atoms with Crippen molar-refractivity contribution in [2.75, 3.05) is 0 Å². The smallest absolute Gasteiger partial charge is 0.0964 e. The molecule has 0 aromatic rings. The number of allylic oxidation sites excluding steroid dienone is 2. The fourth-order valence-corrected chi connectivity index (χ4v) is 3.39. The minimum Gasteiger partial charge on any atom is -0.364 e. The highest BCUT2D eigenvalue weighted by molar-refractivity contribution is 5.41. The van der Waals surface area contributed by atoms with Crippen LogP contribution in [-0.4, -0.2) is 11.2 Å². The molecule has 1 rings (SSSR count). The van der Waals surface area contributed by atoms with E-state index in [1.165, 1.54) is 11.1 Å². The Morgan fingerprint density at radius 1 is 0.909 bits per heavy atom. The van der Waals surface area contributed by atoms with Gasteiger partial charge in [0.05, 0.1) is 11.2 Å². The van der Waals surface area contributed by atoms with Gasteiger partial charge < -0.3 is 4.74 Å². The molecule has 0 aromatic carbocycles. The highest BCUT2D eigenvalue weighted by atomic mass is 16.5. The Kier molecular flexibility index (Phi) is 5.15. The zero-order valence-corrected chi connectivity index (χ0v) is 16.8. The van der Waals surface area contributed by atoms with Gasteiger partial charge in [-0.05, 0) is 55.1 Å². The Morgan fingerprint density at radius 2 is 1.41 bits per heavy atom. The fourth-order valence-electron chi connectivity index (χ4n) is 3.39. The molecule has 128 valence electrons. The summed E-state index contributed by atoms with van der Waals surface area (Å²) in [6.07, 6.45) is 5.80. The molecule has 1 aliphatic carbocycles. The molecule has 0 saturated carbocycles. The molecule has 0 radical (unpaired) electrons. The van der Waals surface area contributed by atoms with Crippen LogP contribution >= 0.6 is 0 Å². The molecule has 0 saturated heterocycles.